The first kappa shape index (κ1) is 14.2. The lowest BCUT2D eigenvalue weighted by Crippen LogP contribution is -2.39. The maximum Gasteiger partial charge on any atom is 0.410 e. The molecule has 0 aliphatic carbocycles. The molecule has 1 heterocycles. The van der Waals surface area contributed by atoms with Crippen molar-refractivity contribution in [2.45, 2.75) is 45.6 Å². The lowest BCUT2D eigenvalue weighted by molar-refractivity contribution is 0.0216. The highest BCUT2D eigenvalue weighted by atomic mass is 19.1. The molecule has 0 N–H and O–H groups in total. The van der Waals surface area contributed by atoms with Crippen molar-refractivity contribution in [2.24, 2.45) is 0 Å². The van der Waals surface area contributed by atoms with Gasteiger partial charge in [0, 0.05) is 13.1 Å². The van der Waals surface area contributed by atoms with Crippen molar-refractivity contribution in [3.63, 3.8) is 0 Å². The first-order chi connectivity index (χ1) is 6.99. The monoisotopic (exact) mass is 219 g/mol. The average molecular weight is 219 g/mol. The molecule has 1 amide bonds. The van der Waals surface area contributed by atoms with E-state index in [1.54, 1.807) is 4.90 Å². The third-order valence-electron chi connectivity index (χ3n) is 2.01. The van der Waals surface area contributed by atoms with E-state index in [9.17, 15) is 9.18 Å². The number of amides is 1. The zero-order chi connectivity index (χ0) is 11.9. The minimum atomic E-state index is -0.367. The van der Waals surface area contributed by atoms with Crippen LogP contribution in [0.5, 0.6) is 0 Å². The van der Waals surface area contributed by atoms with E-state index < -0.39 is 0 Å². The summed E-state index contributed by atoms with van der Waals surface area (Å²) in [6, 6.07) is 0. The number of ether oxygens (including phenoxy) is 1. The summed E-state index contributed by atoms with van der Waals surface area (Å²) in [6.45, 7) is 7.41. The molecule has 1 saturated heterocycles. The number of carbonyl (C=O) groups excluding carboxylic acids is 1. The molecule has 0 aromatic rings. The Bertz CT molecular complexity index is 184. The van der Waals surface area contributed by atoms with Crippen LogP contribution < -0.4 is 0 Å². The predicted octanol–water partition coefficient (Wildman–Crippen LogP) is 2.99. The molecule has 1 aliphatic heterocycles. The van der Waals surface area contributed by atoms with Crippen LogP contribution in [0.4, 0.5) is 9.18 Å². The Morgan fingerprint density at radius 3 is 2.00 bits per heavy atom. The third-order valence-corrected chi connectivity index (χ3v) is 2.01. The van der Waals surface area contributed by atoms with Gasteiger partial charge in [-0.15, -0.1) is 0 Å². The Morgan fingerprint density at radius 2 is 1.60 bits per heavy atom. The number of likely N-dealkylation sites (tertiary alicyclic amines) is 1. The van der Waals surface area contributed by atoms with Crippen molar-refractivity contribution in [1.29, 1.82) is 0 Å². The molecule has 0 aromatic heterocycles. The quantitative estimate of drug-likeness (QED) is 0.626. The normalized spacial score (nSPS) is 16.5. The molecule has 15 heavy (non-hydrogen) atoms. The van der Waals surface area contributed by atoms with Crippen molar-refractivity contribution >= 4 is 6.09 Å². The van der Waals surface area contributed by atoms with Gasteiger partial charge in [0.05, 0.1) is 7.18 Å². The SMILES string of the molecule is CC(C)(C)OC(=O)N1CCCCC1.CF. The lowest BCUT2D eigenvalue weighted by Gasteiger charge is -2.29. The van der Waals surface area contributed by atoms with E-state index >= 15 is 0 Å². The summed E-state index contributed by atoms with van der Waals surface area (Å²) >= 11 is 0. The van der Waals surface area contributed by atoms with Crippen LogP contribution in [-0.2, 0) is 4.74 Å². The number of hydrogen-bond donors (Lipinski definition) is 0. The second kappa shape index (κ2) is 6.64. The number of rotatable bonds is 0. The highest BCUT2D eigenvalue weighted by molar-refractivity contribution is 5.68. The van der Waals surface area contributed by atoms with Gasteiger partial charge in [-0.3, -0.25) is 4.39 Å². The molecular weight excluding hydrogens is 197 g/mol. The van der Waals surface area contributed by atoms with Crippen LogP contribution in [0.1, 0.15) is 40.0 Å². The minimum Gasteiger partial charge on any atom is -0.444 e. The van der Waals surface area contributed by atoms with E-state index in [4.69, 9.17) is 4.74 Å². The Hall–Kier alpha value is -0.800. The van der Waals surface area contributed by atoms with Gasteiger partial charge in [0.15, 0.2) is 0 Å². The Kier molecular flexibility index (Phi) is 6.29. The fourth-order valence-electron chi connectivity index (χ4n) is 1.40. The Labute approximate surface area is 91.6 Å². The summed E-state index contributed by atoms with van der Waals surface area (Å²) in [4.78, 5) is 13.3. The summed E-state index contributed by atoms with van der Waals surface area (Å²) in [5.41, 5.74) is -0.367. The largest absolute Gasteiger partial charge is 0.444 e. The Morgan fingerprint density at radius 1 is 1.13 bits per heavy atom. The van der Waals surface area contributed by atoms with Gasteiger partial charge in [0.25, 0.3) is 0 Å². The maximum absolute atomic E-state index is 11.5. The first-order valence-electron chi connectivity index (χ1n) is 5.35. The van der Waals surface area contributed by atoms with E-state index in [1.807, 2.05) is 20.8 Å². The lowest BCUT2D eigenvalue weighted by atomic mass is 10.1. The number of nitrogens with zero attached hydrogens (tertiary/aromatic N) is 1. The molecule has 0 saturated carbocycles. The predicted molar refractivity (Wildman–Crippen MR) is 58.7 cm³/mol. The van der Waals surface area contributed by atoms with E-state index in [2.05, 4.69) is 0 Å². The molecule has 1 aliphatic rings. The van der Waals surface area contributed by atoms with E-state index in [-0.39, 0.29) is 11.7 Å². The molecule has 1 fully saturated rings. The zero-order valence-electron chi connectivity index (χ0n) is 10.2. The number of carbonyl (C=O) groups is 1. The zero-order valence-corrected chi connectivity index (χ0v) is 10.2. The summed E-state index contributed by atoms with van der Waals surface area (Å²) in [6.07, 6.45) is 3.30. The van der Waals surface area contributed by atoms with Crippen LogP contribution in [-0.4, -0.2) is 36.9 Å². The minimum absolute atomic E-state index is 0.160. The topological polar surface area (TPSA) is 29.5 Å². The van der Waals surface area contributed by atoms with Gasteiger partial charge in [-0.25, -0.2) is 4.79 Å². The molecule has 0 unspecified atom stereocenters. The second-order valence-corrected chi connectivity index (χ2v) is 4.53. The van der Waals surface area contributed by atoms with Crippen molar-refractivity contribution < 1.29 is 13.9 Å². The summed E-state index contributed by atoms with van der Waals surface area (Å²) in [7, 11) is 0.500. The van der Waals surface area contributed by atoms with Crippen LogP contribution in [0.2, 0.25) is 0 Å². The van der Waals surface area contributed by atoms with Gasteiger partial charge in [-0.05, 0) is 40.0 Å². The van der Waals surface area contributed by atoms with Gasteiger partial charge in [0.2, 0.25) is 0 Å². The van der Waals surface area contributed by atoms with Crippen LogP contribution in [0.25, 0.3) is 0 Å². The second-order valence-electron chi connectivity index (χ2n) is 4.53. The van der Waals surface area contributed by atoms with Gasteiger partial charge >= 0.3 is 6.09 Å². The van der Waals surface area contributed by atoms with Gasteiger partial charge in [0.1, 0.15) is 5.60 Å². The van der Waals surface area contributed by atoms with E-state index in [0.717, 1.165) is 25.9 Å². The molecular formula is C11H22FNO2. The standard InChI is InChI=1S/C10H19NO2.CH3F/c1-10(2,3)13-9(12)11-7-5-4-6-8-11;1-2/h4-8H2,1-3H3;1H3. The van der Waals surface area contributed by atoms with Crippen LogP contribution >= 0.6 is 0 Å². The molecule has 0 radical (unpaired) electrons. The molecule has 0 aromatic carbocycles. The summed E-state index contributed by atoms with van der Waals surface area (Å²) < 4.78 is 14.8. The van der Waals surface area contributed by atoms with Crippen molar-refractivity contribution in [2.75, 3.05) is 20.3 Å². The molecule has 0 spiro atoms. The van der Waals surface area contributed by atoms with Gasteiger partial charge in [-0.1, -0.05) is 0 Å². The Balaban J connectivity index is 0.000000921. The first-order valence-corrected chi connectivity index (χ1v) is 5.35. The molecule has 0 atom stereocenters. The summed E-state index contributed by atoms with van der Waals surface area (Å²) in [5.74, 6) is 0. The number of piperidine rings is 1. The van der Waals surface area contributed by atoms with Crippen LogP contribution in [0, 0.1) is 0 Å². The fraction of sp³-hybridized carbons (Fsp3) is 0.909. The average Bonchev–Trinajstić information content (AvgIpc) is 2.20. The number of alkyl halides is 1. The van der Waals surface area contributed by atoms with E-state index in [0.29, 0.717) is 7.18 Å². The van der Waals surface area contributed by atoms with Crippen molar-refractivity contribution in [3.8, 4) is 0 Å². The van der Waals surface area contributed by atoms with Crippen LogP contribution in [0.15, 0.2) is 0 Å². The molecule has 4 heteroatoms. The fourth-order valence-corrected chi connectivity index (χ4v) is 1.40. The number of hydrogen-bond acceptors (Lipinski definition) is 2. The molecule has 0 bridgehead atoms. The van der Waals surface area contributed by atoms with Gasteiger partial charge < -0.3 is 9.64 Å². The van der Waals surface area contributed by atoms with E-state index in [1.165, 1.54) is 6.42 Å². The molecule has 90 valence electrons. The molecule has 3 nitrogen and oxygen atoms in total. The smallest absolute Gasteiger partial charge is 0.410 e. The molecule has 1 rings (SSSR count). The van der Waals surface area contributed by atoms with Crippen molar-refractivity contribution in [3.05, 3.63) is 0 Å². The highest BCUT2D eigenvalue weighted by Crippen LogP contribution is 2.14. The summed E-state index contributed by atoms with van der Waals surface area (Å²) in [5, 5.41) is 0. The maximum atomic E-state index is 11.5. The number of halogens is 1. The van der Waals surface area contributed by atoms with Gasteiger partial charge in [-0.2, -0.15) is 0 Å². The van der Waals surface area contributed by atoms with Crippen molar-refractivity contribution in [1.82, 2.24) is 4.90 Å². The van der Waals surface area contributed by atoms with Crippen LogP contribution in [0.3, 0.4) is 0 Å². The third kappa shape index (κ3) is 6.31. The highest BCUT2D eigenvalue weighted by Gasteiger charge is 2.22.